The maximum absolute atomic E-state index is 13.3. The Bertz CT molecular complexity index is 1170. The highest BCUT2D eigenvalue weighted by atomic mass is 32.2. The predicted molar refractivity (Wildman–Crippen MR) is 135 cm³/mol. The van der Waals surface area contributed by atoms with Crippen LogP contribution in [0.5, 0.6) is 5.75 Å². The molecule has 0 saturated carbocycles. The first-order chi connectivity index (χ1) is 15.7. The molecule has 3 aromatic carbocycles. The summed E-state index contributed by atoms with van der Waals surface area (Å²) in [6.07, 6.45) is 1.43. The fourth-order valence-electron chi connectivity index (χ4n) is 3.38. The smallest absolute Gasteiger partial charge is 0.229 e. The molecule has 0 aliphatic heterocycles. The average Bonchev–Trinajstić information content (AvgIpc) is 3.26. The van der Waals surface area contributed by atoms with Gasteiger partial charge < -0.3 is 4.74 Å². The lowest BCUT2D eigenvalue weighted by atomic mass is 10.2. The Morgan fingerprint density at radius 3 is 2.53 bits per heavy atom. The van der Waals surface area contributed by atoms with Gasteiger partial charge in [-0.1, -0.05) is 54.7 Å². The molecule has 1 aromatic heterocycles. The van der Waals surface area contributed by atoms with Gasteiger partial charge in [0.2, 0.25) is 5.91 Å². The third kappa shape index (κ3) is 5.50. The van der Waals surface area contributed by atoms with E-state index in [9.17, 15) is 4.79 Å². The van der Waals surface area contributed by atoms with E-state index in [0.717, 1.165) is 38.0 Å². The summed E-state index contributed by atoms with van der Waals surface area (Å²) in [4.78, 5) is 21.1. The van der Waals surface area contributed by atoms with Gasteiger partial charge in [-0.25, -0.2) is 4.98 Å². The van der Waals surface area contributed by atoms with Gasteiger partial charge in [0.15, 0.2) is 5.13 Å². The Morgan fingerprint density at radius 2 is 1.81 bits per heavy atom. The molecule has 0 saturated heterocycles. The molecule has 0 N–H and O–H groups in total. The third-order valence-corrected chi connectivity index (χ3v) is 7.26. The molecule has 4 rings (SSSR count). The normalized spacial score (nSPS) is 10.9. The lowest BCUT2D eigenvalue weighted by molar-refractivity contribution is -0.118. The van der Waals surface area contributed by atoms with Crippen molar-refractivity contribution < 1.29 is 9.53 Å². The molecule has 0 aliphatic rings. The zero-order valence-electron chi connectivity index (χ0n) is 18.3. The van der Waals surface area contributed by atoms with Crippen LogP contribution in [0.4, 0.5) is 5.13 Å². The Balaban J connectivity index is 1.51. The zero-order chi connectivity index (χ0) is 22.3. The molecule has 0 spiro atoms. The minimum Gasteiger partial charge on any atom is -0.497 e. The van der Waals surface area contributed by atoms with Crippen LogP contribution in [-0.2, 0) is 17.8 Å². The van der Waals surface area contributed by atoms with Crippen LogP contribution in [0.1, 0.15) is 24.5 Å². The number of nitrogens with zero attached hydrogens (tertiary/aromatic N) is 2. The van der Waals surface area contributed by atoms with E-state index in [0.29, 0.717) is 18.7 Å². The summed E-state index contributed by atoms with van der Waals surface area (Å²) in [5.41, 5.74) is 3.32. The van der Waals surface area contributed by atoms with Gasteiger partial charge in [-0.3, -0.25) is 9.69 Å². The Labute approximate surface area is 197 Å². The standard InChI is InChI=1S/C26H26N2O2S2/c1-3-19-9-14-23-24(17-19)32-26(27-23)28(18-20-7-5-4-6-8-20)25(29)15-16-31-22-12-10-21(30-2)11-13-22/h4-14,17H,3,15-16,18H2,1-2H3. The van der Waals surface area contributed by atoms with Crippen LogP contribution in [0.25, 0.3) is 10.2 Å². The molecule has 4 aromatic rings. The van der Waals surface area contributed by atoms with E-state index < -0.39 is 0 Å². The molecule has 0 unspecified atom stereocenters. The number of hydrogen-bond donors (Lipinski definition) is 0. The number of aryl methyl sites for hydroxylation is 1. The van der Waals surface area contributed by atoms with Crippen molar-refractivity contribution in [2.75, 3.05) is 17.8 Å². The monoisotopic (exact) mass is 462 g/mol. The minimum atomic E-state index is 0.0876. The summed E-state index contributed by atoms with van der Waals surface area (Å²) in [7, 11) is 1.66. The number of anilines is 1. The van der Waals surface area contributed by atoms with Gasteiger partial charge in [-0.05, 0) is 53.9 Å². The van der Waals surface area contributed by atoms with E-state index in [1.54, 1.807) is 30.2 Å². The van der Waals surface area contributed by atoms with Crippen molar-refractivity contribution in [1.82, 2.24) is 4.98 Å². The molecular formula is C26H26N2O2S2. The molecule has 0 atom stereocenters. The lowest BCUT2D eigenvalue weighted by Crippen LogP contribution is -2.30. The highest BCUT2D eigenvalue weighted by molar-refractivity contribution is 7.99. The number of thioether (sulfide) groups is 1. The fourth-order valence-corrected chi connectivity index (χ4v) is 5.27. The molecule has 0 fully saturated rings. The molecule has 0 bridgehead atoms. The van der Waals surface area contributed by atoms with Crippen LogP contribution in [0.15, 0.2) is 77.7 Å². The van der Waals surface area contributed by atoms with Crippen molar-refractivity contribution in [2.24, 2.45) is 0 Å². The third-order valence-electron chi connectivity index (χ3n) is 5.21. The number of carbonyl (C=O) groups is 1. The molecule has 164 valence electrons. The quantitative estimate of drug-likeness (QED) is 0.263. The number of thiazole rings is 1. The molecule has 6 heteroatoms. The van der Waals surface area contributed by atoms with Gasteiger partial charge in [-0.2, -0.15) is 0 Å². The number of fused-ring (bicyclic) bond motifs is 1. The number of carbonyl (C=O) groups excluding carboxylic acids is 1. The zero-order valence-corrected chi connectivity index (χ0v) is 19.9. The molecule has 0 radical (unpaired) electrons. The number of ether oxygens (including phenoxy) is 1. The second kappa shape index (κ2) is 10.7. The number of amides is 1. The summed E-state index contributed by atoms with van der Waals surface area (Å²) >= 11 is 3.27. The molecule has 32 heavy (non-hydrogen) atoms. The lowest BCUT2D eigenvalue weighted by Gasteiger charge is -2.20. The maximum Gasteiger partial charge on any atom is 0.229 e. The Kier molecular flexibility index (Phi) is 7.45. The van der Waals surface area contributed by atoms with Crippen LogP contribution < -0.4 is 9.64 Å². The molecule has 1 amide bonds. The Morgan fingerprint density at radius 1 is 1.03 bits per heavy atom. The van der Waals surface area contributed by atoms with E-state index in [-0.39, 0.29) is 5.91 Å². The predicted octanol–water partition coefficient (Wildman–Crippen LogP) is 6.58. The van der Waals surface area contributed by atoms with Crippen molar-refractivity contribution in [1.29, 1.82) is 0 Å². The van der Waals surface area contributed by atoms with Crippen LogP contribution in [0, 0.1) is 0 Å². The van der Waals surface area contributed by atoms with Crippen molar-refractivity contribution >= 4 is 44.4 Å². The van der Waals surface area contributed by atoms with E-state index in [4.69, 9.17) is 9.72 Å². The van der Waals surface area contributed by atoms with Crippen molar-refractivity contribution in [3.63, 3.8) is 0 Å². The second-order valence-corrected chi connectivity index (χ2v) is 9.57. The summed E-state index contributed by atoms with van der Waals surface area (Å²) in [5, 5.41) is 0.761. The first kappa shape index (κ1) is 22.4. The van der Waals surface area contributed by atoms with Gasteiger partial charge in [-0.15, -0.1) is 11.8 Å². The number of rotatable bonds is 9. The van der Waals surface area contributed by atoms with Crippen LogP contribution in [0.3, 0.4) is 0 Å². The molecule has 1 heterocycles. The molecular weight excluding hydrogens is 436 g/mol. The van der Waals surface area contributed by atoms with Gasteiger partial charge in [0.05, 0.1) is 23.9 Å². The molecule has 4 nitrogen and oxygen atoms in total. The first-order valence-corrected chi connectivity index (χ1v) is 12.5. The van der Waals surface area contributed by atoms with Gasteiger partial charge in [0.25, 0.3) is 0 Å². The van der Waals surface area contributed by atoms with Crippen LogP contribution in [0.2, 0.25) is 0 Å². The highest BCUT2D eigenvalue weighted by Gasteiger charge is 2.20. The minimum absolute atomic E-state index is 0.0876. The van der Waals surface area contributed by atoms with Crippen molar-refractivity contribution in [3.05, 3.63) is 83.9 Å². The number of benzene rings is 3. The maximum atomic E-state index is 13.3. The van der Waals surface area contributed by atoms with Crippen molar-refractivity contribution in [3.8, 4) is 5.75 Å². The summed E-state index contributed by atoms with van der Waals surface area (Å²) in [5.74, 6) is 1.63. The van der Waals surface area contributed by atoms with Crippen LogP contribution in [-0.4, -0.2) is 23.8 Å². The second-order valence-electron chi connectivity index (χ2n) is 7.39. The summed E-state index contributed by atoms with van der Waals surface area (Å²) < 4.78 is 6.34. The Hall–Kier alpha value is -2.83. The average molecular weight is 463 g/mol. The summed E-state index contributed by atoms with van der Waals surface area (Å²) in [6.45, 7) is 2.67. The molecule has 0 aliphatic carbocycles. The van der Waals surface area contributed by atoms with E-state index >= 15 is 0 Å². The number of hydrogen-bond acceptors (Lipinski definition) is 5. The SMILES string of the molecule is CCc1ccc2nc(N(Cc3ccccc3)C(=O)CCSc3ccc(OC)cc3)sc2c1. The summed E-state index contributed by atoms with van der Waals surface area (Å²) in [6, 6.07) is 24.4. The van der Waals surface area contributed by atoms with Gasteiger partial charge in [0.1, 0.15) is 5.75 Å². The number of methoxy groups -OCH3 is 1. The topological polar surface area (TPSA) is 42.4 Å². The van der Waals surface area contributed by atoms with Gasteiger partial charge in [0, 0.05) is 17.1 Å². The fraction of sp³-hybridized carbons (Fsp3) is 0.231. The van der Waals surface area contributed by atoms with E-state index in [2.05, 4.69) is 37.3 Å². The van der Waals surface area contributed by atoms with Crippen LogP contribution >= 0.6 is 23.1 Å². The van der Waals surface area contributed by atoms with E-state index in [1.165, 1.54) is 5.56 Å². The largest absolute Gasteiger partial charge is 0.497 e. The van der Waals surface area contributed by atoms with Crippen molar-refractivity contribution in [2.45, 2.75) is 31.2 Å². The first-order valence-electron chi connectivity index (χ1n) is 10.7. The van der Waals surface area contributed by atoms with Gasteiger partial charge >= 0.3 is 0 Å². The van der Waals surface area contributed by atoms with E-state index in [1.807, 2.05) is 47.4 Å². The highest BCUT2D eigenvalue weighted by Crippen LogP contribution is 2.31. The number of aromatic nitrogens is 1.